The van der Waals surface area contributed by atoms with Gasteiger partial charge < -0.3 is 15.5 Å². The second kappa shape index (κ2) is 7.06. The highest BCUT2D eigenvalue weighted by atomic mass is 16.2. The minimum absolute atomic E-state index is 0.0315. The summed E-state index contributed by atoms with van der Waals surface area (Å²) in [5.41, 5.74) is 4.28. The largest absolute Gasteiger partial charge is 0.358 e. The fourth-order valence-corrected chi connectivity index (χ4v) is 3.89. The van der Waals surface area contributed by atoms with Gasteiger partial charge in [0.1, 0.15) is 6.04 Å². The molecule has 1 unspecified atom stereocenters. The quantitative estimate of drug-likeness (QED) is 0.851. The van der Waals surface area contributed by atoms with Gasteiger partial charge in [-0.2, -0.15) is 0 Å². The van der Waals surface area contributed by atoms with E-state index in [9.17, 15) is 9.59 Å². The molecule has 5 nitrogen and oxygen atoms in total. The van der Waals surface area contributed by atoms with Gasteiger partial charge >= 0.3 is 0 Å². The molecule has 2 amide bonds. The predicted molar refractivity (Wildman–Crippen MR) is 109 cm³/mol. The summed E-state index contributed by atoms with van der Waals surface area (Å²) in [4.78, 5) is 27.2. The molecule has 2 N–H and O–H groups in total. The van der Waals surface area contributed by atoms with Crippen LogP contribution < -0.4 is 15.5 Å². The molecule has 2 aliphatic rings. The van der Waals surface area contributed by atoms with E-state index in [2.05, 4.69) is 29.4 Å². The average molecular weight is 363 g/mol. The van der Waals surface area contributed by atoms with Gasteiger partial charge in [-0.1, -0.05) is 26.0 Å². The molecular formula is C22H25N3O2. The Hall–Kier alpha value is -2.82. The molecule has 2 aliphatic heterocycles. The molecule has 1 fully saturated rings. The lowest BCUT2D eigenvalue weighted by molar-refractivity contribution is -0.118. The predicted octanol–water partition coefficient (Wildman–Crippen LogP) is 4.37. The molecule has 2 aromatic rings. The van der Waals surface area contributed by atoms with Gasteiger partial charge in [-0.15, -0.1) is 0 Å². The van der Waals surface area contributed by atoms with Crippen LogP contribution in [0.25, 0.3) is 0 Å². The first-order valence-electron chi connectivity index (χ1n) is 9.66. The van der Waals surface area contributed by atoms with Crippen molar-refractivity contribution in [2.75, 3.05) is 22.1 Å². The summed E-state index contributed by atoms with van der Waals surface area (Å²) in [6.07, 6.45) is 3.07. The SMILES string of the molecule is CC(C)c1ccc(NC(=O)c2ccc3c(c2)NC(=O)C2CCCCN32)cc1. The van der Waals surface area contributed by atoms with Crippen LogP contribution in [0.3, 0.4) is 0 Å². The lowest BCUT2D eigenvalue weighted by atomic mass is 9.97. The van der Waals surface area contributed by atoms with E-state index in [4.69, 9.17) is 0 Å². The van der Waals surface area contributed by atoms with Gasteiger partial charge in [0.05, 0.1) is 11.4 Å². The summed E-state index contributed by atoms with van der Waals surface area (Å²) < 4.78 is 0. The Labute approximate surface area is 159 Å². The van der Waals surface area contributed by atoms with Gasteiger partial charge in [-0.3, -0.25) is 9.59 Å². The number of hydrogen-bond donors (Lipinski definition) is 2. The van der Waals surface area contributed by atoms with Gasteiger partial charge in [-0.05, 0) is 61.1 Å². The number of benzene rings is 2. The molecule has 0 bridgehead atoms. The summed E-state index contributed by atoms with van der Waals surface area (Å²) in [6.45, 7) is 5.17. The van der Waals surface area contributed by atoms with E-state index >= 15 is 0 Å². The zero-order valence-electron chi connectivity index (χ0n) is 15.8. The Bertz CT molecular complexity index is 874. The van der Waals surface area contributed by atoms with Crippen molar-refractivity contribution >= 4 is 28.9 Å². The van der Waals surface area contributed by atoms with Crippen LogP contribution in [0.1, 0.15) is 54.9 Å². The number of carbonyl (C=O) groups is 2. The summed E-state index contributed by atoms with van der Waals surface area (Å²) >= 11 is 0. The van der Waals surface area contributed by atoms with Gasteiger partial charge in [0.25, 0.3) is 5.91 Å². The van der Waals surface area contributed by atoms with Crippen LogP contribution in [0, 0.1) is 0 Å². The number of rotatable bonds is 3. The van der Waals surface area contributed by atoms with Crippen molar-refractivity contribution in [3.63, 3.8) is 0 Å². The number of fused-ring (bicyclic) bond motifs is 3. The summed E-state index contributed by atoms with van der Waals surface area (Å²) in [5.74, 6) is 0.312. The van der Waals surface area contributed by atoms with Crippen LogP contribution in [-0.2, 0) is 4.79 Å². The van der Waals surface area contributed by atoms with E-state index in [-0.39, 0.29) is 17.9 Å². The Kier molecular flexibility index (Phi) is 4.60. The monoisotopic (exact) mass is 363 g/mol. The number of piperidine rings is 1. The molecule has 140 valence electrons. The Morgan fingerprint density at radius 2 is 1.93 bits per heavy atom. The molecule has 1 atom stereocenters. The molecule has 1 saturated heterocycles. The van der Waals surface area contributed by atoms with Crippen molar-refractivity contribution in [1.29, 1.82) is 0 Å². The van der Waals surface area contributed by atoms with Crippen molar-refractivity contribution in [3.8, 4) is 0 Å². The maximum atomic E-state index is 12.6. The maximum Gasteiger partial charge on any atom is 0.255 e. The highest BCUT2D eigenvalue weighted by Crippen LogP contribution is 2.36. The molecule has 27 heavy (non-hydrogen) atoms. The molecule has 4 rings (SSSR count). The molecule has 2 heterocycles. The van der Waals surface area contributed by atoms with Crippen LogP contribution >= 0.6 is 0 Å². The van der Waals surface area contributed by atoms with Crippen LogP contribution in [0.15, 0.2) is 42.5 Å². The Balaban J connectivity index is 1.54. The van der Waals surface area contributed by atoms with Gasteiger partial charge in [0.15, 0.2) is 0 Å². The smallest absolute Gasteiger partial charge is 0.255 e. The number of nitrogens with zero attached hydrogens (tertiary/aromatic N) is 1. The van der Waals surface area contributed by atoms with Crippen molar-refractivity contribution in [1.82, 2.24) is 0 Å². The molecule has 0 spiro atoms. The summed E-state index contributed by atoms with van der Waals surface area (Å²) in [6, 6.07) is 13.4. The van der Waals surface area contributed by atoms with Gasteiger partial charge in [0, 0.05) is 17.8 Å². The lowest BCUT2D eigenvalue weighted by Gasteiger charge is -2.41. The number of hydrogen-bond acceptors (Lipinski definition) is 3. The fraction of sp³-hybridized carbons (Fsp3) is 0.364. The van der Waals surface area contributed by atoms with Crippen LogP contribution in [0.2, 0.25) is 0 Å². The molecule has 2 aromatic carbocycles. The molecule has 0 aliphatic carbocycles. The number of carbonyl (C=O) groups excluding carboxylic acids is 2. The van der Waals surface area contributed by atoms with E-state index < -0.39 is 0 Å². The van der Waals surface area contributed by atoms with Crippen LogP contribution in [0.5, 0.6) is 0 Å². The molecular weight excluding hydrogens is 338 g/mol. The van der Waals surface area contributed by atoms with Crippen molar-refractivity contribution < 1.29 is 9.59 Å². The number of amides is 2. The van der Waals surface area contributed by atoms with Crippen LogP contribution in [0.4, 0.5) is 17.1 Å². The fourth-order valence-electron chi connectivity index (χ4n) is 3.89. The van der Waals surface area contributed by atoms with E-state index in [1.54, 1.807) is 6.07 Å². The van der Waals surface area contributed by atoms with E-state index in [0.29, 0.717) is 11.5 Å². The van der Waals surface area contributed by atoms with Crippen molar-refractivity contribution in [3.05, 3.63) is 53.6 Å². The van der Waals surface area contributed by atoms with Gasteiger partial charge in [0.2, 0.25) is 5.91 Å². The third-order valence-corrected chi connectivity index (χ3v) is 5.47. The first-order valence-corrected chi connectivity index (χ1v) is 9.66. The second-order valence-corrected chi connectivity index (χ2v) is 7.66. The topological polar surface area (TPSA) is 61.4 Å². The first-order chi connectivity index (χ1) is 13.0. The minimum Gasteiger partial charge on any atom is -0.358 e. The second-order valence-electron chi connectivity index (χ2n) is 7.66. The number of nitrogens with one attached hydrogen (secondary N) is 2. The lowest BCUT2D eigenvalue weighted by Crippen LogP contribution is -2.50. The van der Waals surface area contributed by atoms with Crippen molar-refractivity contribution in [2.45, 2.75) is 45.1 Å². The molecule has 0 aromatic heterocycles. The zero-order chi connectivity index (χ0) is 19.0. The molecule has 5 heteroatoms. The van der Waals surface area contributed by atoms with E-state index in [0.717, 1.165) is 42.9 Å². The Morgan fingerprint density at radius 1 is 1.15 bits per heavy atom. The minimum atomic E-state index is -0.176. The van der Waals surface area contributed by atoms with E-state index in [1.807, 2.05) is 36.4 Å². The average Bonchev–Trinajstić information content (AvgIpc) is 2.68. The van der Waals surface area contributed by atoms with Crippen molar-refractivity contribution in [2.24, 2.45) is 0 Å². The molecule has 0 radical (unpaired) electrons. The standard InChI is InChI=1S/C22H25N3O2/c1-14(2)15-6-9-17(10-7-15)23-21(26)16-8-11-19-18(13-16)24-22(27)20-5-3-4-12-25(19)20/h6-11,13-14,20H,3-5,12H2,1-2H3,(H,23,26)(H,24,27). The first kappa shape index (κ1) is 17.6. The zero-order valence-corrected chi connectivity index (χ0v) is 15.8. The molecule has 0 saturated carbocycles. The van der Waals surface area contributed by atoms with E-state index in [1.165, 1.54) is 5.56 Å². The highest BCUT2D eigenvalue weighted by Gasteiger charge is 2.34. The van der Waals surface area contributed by atoms with Crippen LogP contribution in [-0.4, -0.2) is 24.4 Å². The highest BCUT2D eigenvalue weighted by molar-refractivity contribution is 6.08. The Morgan fingerprint density at radius 3 is 2.67 bits per heavy atom. The number of anilines is 3. The van der Waals surface area contributed by atoms with Gasteiger partial charge in [-0.25, -0.2) is 0 Å². The normalized spacial score (nSPS) is 18.6. The maximum absolute atomic E-state index is 12.6. The third kappa shape index (κ3) is 3.42. The summed E-state index contributed by atoms with van der Waals surface area (Å²) in [7, 11) is 0. The third-order valence-electron chi connectivity index (χ3n) is 5.47. The summed E-state index contributed by atoms with van der Waals surface area (Å²) in [5, 5.41) is 5.91.